The lowest BCUT2D eigenvalue weighted by Gasteiger charge is -2.28. The van der Waals surface area contributed by atoms with Crippen molar-refractivity contribution in [3.8, 4) is 5.75 Å². The van der Waals surface area contributed by atoms with Crippen LogP contribution in [0.15, 0.2) is 34.9 Å². The smallest absolute Gasteiger partial charge is 0.150 e. The molecule has 1 aliphatic rings. The molecule has 0 aliphatic carbocycles. The molecule has 0 radical (unpaired) electrons. The number of morpholine rings is 1. The number of aryl methyl sites for hydroxylation is 1. The van der Waals surface area contributed by atoms with E-state index < -0.39 is 6.10 Å². The van der Waals surface area contributed by atoms with Gasteiger partial charge in [-0.1, -0.05) is 17.3 Å². The van der Waals surface area contributed by atoms with Gasteiger partial charge in [0.1, 0.15) is 18.5 Å². The Labute approximate surface area is 153 Å². The van der Waals surface area contributed by atoms with Gasteiger partial charge in [0, 0.05) is 32.2 Å². The molecule has 1 fully saturated rings. The summed E-state index contributed by atoms with van der Waals surface area (Å²) in [5.74, 6) is 1.59. The van der Waals surface area contributed by atoms with E-state index in [1.165, 1.54) is 0 Å². The second-order valence-corrected chi connectivity index (χ2v) is 6.56. The second-order valence-electron chi connectivity index (χ2n) is 6.56. The number of rotatable bonds is 9. The van der Waals surface area contributed by atoms with E-state index in [-0.39, 0.29) is 6.61 Å². The lowest BCUT2D eigenvalue weighted by atomic mass is 10.2. The maximum atomic E-state index is 10.2. The van der Waals surface area contributed by atoms with Crippen molar-refractivity contribution in [1.82, 2.24) is 15.4 Å². The Hall–Kier alpha value is -1.93. The number of ether oxygens (including phenoxy) is 2. The van der Waals surface area contributed by atoms with Crippen molar-refractivity contribution in [3.63, 3.8) is 0 Å². The molecule has 26 heavy (non-hydrogen) atoms. The number of aliphatic hydroxyl groups is 1. The standard InChI is InChI=1S/C19H27N3O4/c1-15-9-19(26-21-15)12-20-11-16-3-2-4-18(10-16)25-14-17(23)13-22-5-7-24-8-6-22/h2-4,9-10,17,20,23H,5-8,11-14H2,1H3. The van der Waals surface area contributed by atoms with Crippen LogP contribution in [0.3, 0.4) is 0 Å². The Morgan fingerprint density at radius 1 is 1.27 bits per heavy atom. The maximum Gasteiger partial charge on any atom is 0.150 e. The molecule has 142 valence electrons. The Morgan fingerprint density at radius 3 is 2.88 bits per heavy atom. The van der Waals surface area contributed by atoms with Gasteiger partial charge < -0.3 is 24.4 Å². The molecular weight excluding hydrogens is 334 g/mol. The van der Waals surface area contributed by atoms with Gasteiger partial charge in [-0.15, -0.1) is 0 Å². The molecule has 3 rings (SSSR count). The predicted molar refractivity (Wildman–Crippen MR) is 97.0 cm³/mol. The van der Waals surface area contributed by atoms with E-state index in [2.05, 4.69) is 15.4 Å². The molecule has 1 saturated heterocycles. The summed E-state index contributed by atoms with van der Waals surface area (Å²) in [5, 5.41) is 17.4. The minimum absolute atomic E-state index is 0.283. The van der Waals surface area contributed by atoms with Crippen LogP contribution < -0.4 is 10.1 Å². The van der Waals surface area contributed by atoms with Crippen molar-refractivity contribution in [2.24, 2.45) is 0 Å². The van der Waals surface area contributed by atoms with Crippen LogP contribution in [0, 0.1) is 6.92 Å². The van der Waals surface area contributed by atoms with Crippen LogP contribution in [0.2, 0.25) is 0 Å². The first-order valence-corrected chi connectivity index (χ1v) is 9.02. The molecule has 7 nitrogen and oxygen atoms in total. The zero-order chi connectivity index (χ0) is 18.2. The van der Waals surface area contributed by atoms with Gasteiger partial charge >= 0.3 is 0 Å². The van der Waals surface area contributed by atoms with E-state index in [1.807, 2.05) is 37.3 Å². The third-order valence-electron chi connectivity index (χ3n) is 4.22. The Morgan fingerprint density at radius 2 is 2.12 bits per heavy atom. The Balaban J connectivity index is 1.40. The number of aliphatic hydroxyl groups excluding tert-OH is 1. The van der Waals surface area contributed by atoms with Crippen LogP contribution >= 0.6 is 0 Å². The summed E-state index contributed by atoms with van der Waals surface area (Å²) >= 11 is 0. The molecule has 1 unspecified atom stereocenters. The van der Waals surface area contributed by atoms with Gasteiger partial charge in [0.05, 0.1) is 25.5 Å². The van der Waals surface area contributed by atoms with Crippen LogP contribution in [0.1, 0.15) is 17.0 Å². The van der Waals surface area contributed by atoms with E-state index >= 15 is 0 Å². The molecule has 1 atom stereocenters. The molecule has 0 spiro atoms. The molecular formula is C19H27N3O4. The highest BCUT2D eigenvalue weighted by Crippen LogP contribution is 2.14. The van der Waals surface area contributed by atoms with E-state index in [1.54, 1.807) is 0 Å². The average molecular weight is 361 g/mol. The summed E-state index contributed by atoms with van der Waals surface area (Å²) in [4.78, 5) is 2.20. The quantitative estimate of drug-likeness (QED) is 0.698. The predicted octanol–water partition coefficient (Wildman–Crippen LogP) is 1.34. The Bertz CT molecular complexity index is 670. The van der Waals surface area contributed by atoms with Crippen molar-refractivity contribution < 1.29 is 19.1 Å². The van der Waals surface area contributed by atoms with Gasteiger partial charge in [0.2, 0.25) is 0 Å². The summed E-state index contributed by atoms with van der Waals surface area (Å²) in [6.07, 6.45) is -0.510. The van der Waals surface area contributed by atoms with Crippen molar-refractivity contribution in [2.75, 3.05) is 39.5 Å². The zero-order valence-electron chi connectivity index (χ0n) is 15.2. The molecule has 2 N–H and O–H groups in total. The van der Waals surface area contributed by atoms with Crippen molar-refractivity contribution >= 4 is 0 Å². The lowest BCUT2D eigenvalue weighted by molar-refractivity contribution is 0.00465. The SMILES string of the molecule is Cc1cc(CNCc2cccc(OCC(O)CN3CCOCC3)c2)on1. The van der Waals surface area contributed by atoms with E-state index in [0.717, 1.165) is 49.1 Å². The number of benzene rings is 1. The molecule has 1 aromatic heterocycles. The molecule has 0 saturated carbocycles. The van der Waals surface area contributed by atoms with Crippen molar-refractivity contribution in [3.05, 3.63) is 47.3 Å². The monoisotopic (exact) mass is 361 g/mol. The van der Waals surface area contributed by atoms with Crippen LogP contribution in [-0.2, 0) is 17.8 Å². The fraction of sp³-hybridized carbons (Fsp3) is 0.526. The number of nitrogens with one attached hydrogen (secondary N) is 1. The topological polar surface area (TPSA) is 80.0 Å². The number of hydrogen-bond donors (Lipinski definition) is 2. The maximum absolute atomic E-state index is 10.2. The van der Waals surface area contributed by atoms with E-state index in [4.69, 9.17) is 14.0 Å². The first-order valence-electron chi connectivity index (χ1n) is 9.02. The summed E-state index contributed by atoms with van der Waals surface area (Å²) in [5.41, 5.74) is 1.99. The normalized spacial score (nSPS) is 16.5. The largest absolute Gasteiger partial charge is 0.491 e. The first kappa shape index (κ1) is 18.8. The third-order valence-corrected chi connectivity index (χ3v) is 4.22. The van der Waals surface area contributed by atoms with E-state index in [0.29, 0.717) is 19.6 Å². The van der Waals surface area contributed by atoms with Gasteiger partial charge in [-0.25, -0.2) is 0 Å². The van der Waals surface area contributed by atoms with Crippen molar-refractivity contribution in [2.45, 2.75) is 26.1 Å². The molecule has 0 amide bonds. The van der Waals surface area contributed by atoms with Gasteiger partial charge in [0.25, 0.3) is 0 Å². The van der Waals surface area contributed by atoms with Crippen LogP contribution in [-0.4, -0.2) is 60.7 Å². The number of nitrogens with zero attached hydrogens (tertiary/aromatic N) is 2. The zero-order valence-corrected chi connectivity index (χ0v) is 15.2. The molecule has 2 aromatic rings. The third kappa shape index (κ3) is 6.10. The van der Waals surface area contributed by atoms with Crippen LogP contribution in [0.5, 0.6) is 5.75 Å². The fourth-order valence-corrected chi connectivity index (χ4v) is 2.90. The fourth-order valence-electron chi connectivity index (χ4n) is 2.90. The highest BCUT2D eigenvalue weighted by atomic mass is 16.5. The van der Waals surface area contributed by atoms with Crippen LogP contribution in [0.4, 0.5) is 0 Å². The summed E-state index contributed by atoms with van der Waals surface area (Å²) in [6.45, 7) is 7.32. The summed E-state index contributed by atoms with van der Waals surface area (Å²) in [6, 6.07) is 9.81. The minimum Gasteiger partial charge on any atom is -0.491 e. The number of β-amino-alcohol motifs (C(OH)–C–C–N with tert-alkyl or cyclic N) is 1. The van der Waals surface area contributed by atoms with Gasteiger partial charge in [-0.2, -0.15) is 0 Å². The van der Waals surface area contributed by atoms with E-state index in [9.17, 15) is 5.11 Å². The van der Waals surface area contributed by atoms with Gasteiger partial charge in [0.15, 0.2) is 5.76 Å². The summed E-state index contributed by atoms with van der Waals surface area (Å²) < 4.78 is 16.2. The number of aromatic nitrogens is 1. The molecule has 1 aliphatic heterocycles. The highest BCUT2D eigenvalue weighted by Gasteiger charge is 2.15. The van der Waals surface area contributed by atoms with Gasteiger partial charge in [-0.3, -0.25) is 4.90 Å². The first-order chi connectivity index (χ1) is 12.7. The molecule has 2 heterocycles. The lowest BCUT2D eigenvalue weighted by Crippen LogP contribution is -2.42. The Kier molecular flexibility index (Phi) is 7.02. The van der Waals surface area contributed by atoms with Crippen LogP contribution in [0.25, 0.3) is 0 Å². The molecule has 0 bridgehead atoms. The molecule has 7 heteroatoms. The highest BCUT2D eigenvalue weighted by molar-refractivity contribution is 5.28. The van der Waals surface area contributed by atoms with Crippen molar-refractivity contribution in [1.29, 1.82) is 0 Å². The molecule has 1 aromatic carbocycles. The minimum atomic E-state index is -0.510. The average Bonchev–Trinajstić information content (AvgIpc) is 3.06. The summed E-state index contributed by atoms with van der Waals surface area (Å²) in [7, 11) is 0. The van der Waals surface area contributed by atoms with Gasteiger partial charge in [-0.05, 0) is 24.6 Å². The number of hydrogen-bond acceptors (Lipinski definition) is 7. The second kappa shape index (κ2) is 9.68.